The lowest BCUT2D eigenvalue weighted by Crippen LogP contribution is -2.01. The van der Waals surface area contributed by atoms with Crippen molar-refractivity contribution in [3.8, 4) is 39.9 Å². The summed E-state index contributed by atoms with van der Waals surface area (Å²) in [5.41, 5.74) is 7.86. The third-order valence-corrected chi connectivity index (χ3v) is 11.0. The number of aromatic nitrogens is 4. The van der Waals surface area contributed by atoms with Gasteiger partial charge in [-0.05, 0) is 48.5 Å². The van der Waals surface area contributed by atoms with Gasteiger partial charge < -0.3 is 8.98 Å². The Hall–Kier alpha value is -6.63. The highest BCUT2D eigenvalue weighted by molar-refractivity contribution is 7.26. The van der Waals surface area contributed by atoms with Crippen molar-refractivity contribution in [3.05, 3.63) is 158 Å². The van der Waals surface area contributed by atoms with Gasteiger partial charge in [-0.1, -0.05) is 109 Å². The van der Waals surface area contributed by atoms with Crippen molar-refractivity contribution >= 4 is 75.3 Å². The van der Waals surface area contributed by atoms with Crippen LogP contribution in [0.4, 0.5) is 0 Å². The zero-order chi connectivity index (χ0) is 33.5. The summed E-state index contributed by atoms with van der Waals surface area (Å²) in [5, 5.41) is 6.94. The van der Waals surface area contributed by atoms with Gasteiger partial charge in [0.25, 0.3) is 0 Å². The first-order valence-corrected chi connectivity index (χ1v) is 17.8. The van der Waals surface area contributed by atoms with Crippen LogP contribution in [0, 0.1) is 0 Å². The van der Waals surface area contributed by atoms with Crippen LogP contribution in [0.2, 0.25) is 0 Å². The molecule has 238 valence electrons. The molecule has 0 radical (unpaired) electrons. The van der Waals surface area contributed by atoms with Gasteiger partial charge in [0.15, 0.2) is 17.5 Å². The van der Waals surface area contributed by atoms with E-state index in [0.29, 0.717) is 17.5 Å². The number of fused-ring (bicyclic) bond motifs is 11. The smallest absolute Gasteiger partial charge is 0.164 e. The monoisotopic (exact) mass is 670 g/mol. The van der Waals surface area contributed by atoms with E-state index < -0.39 is 0 Å². The maximum absolute atomic E-state index is 6.97. The van der Waals surface area contributed by atoms with E-state index >= 15 is 0 Å². The van der Waals surface area contributed by atoms with Crippen LogP contribution in [0.25, 0.3) is 104 Å². The molecule has 51 heavy (non-hydrogen) atoms. The van der Waals surface area contributed by atoms with E-state index in [1.807, 2.05) is 72.0 Å². The largest absolute Gasteiger partial charge is 0.455 e. The van der Waals surface area contributed by atoms with Crippen LogP contribution in [0.1, 0.15) is 0 Å². The molecule has 11 aromatic rings. The highest BCUT2D eigenvalue weighted by Gasteiger charge is 2.21. The standard InChI is InChI=1S/C45H26N4OS/c1-3-12-27(13-4-1)43-46-44(28-14-5-2-6-15-28)48-45(47-43)29-16-11-17-30(26-29)49-35-20-9-7-18-33(35)39-36(49)24-22-31-32-23-25-38-40(42(32)50-41(31)39)34-19-8-10-21-37(34)51-38/h1-26H. The first-order valence-electron chi connectivity index (χ1n) is 16.9. The summed E-state index contributed by atoms with van der Waals surface area (Å²) >= 11 is 1.81. The van der Waals surface area contributed by atoms with Crippen LogP contribution in [-0.2, 0) is 0 Å². The molecule has 0 bridgehead atoms. The number of para-hydroxylation sites is 1. The van der Waals surface area contributed by atoms with E-state index in [1.54, 1.807) is 0 Å². The van der Waals surface area contributed by atoms with E-state index in [1.165, 1.54) is 20.2 Å². The number of thiophene rings is 1. The summed E-state index contributed by atoms with van der Waals surface area (Å²) in [4.78, 5) is 14.9. The Morgan fingerprint density at radius 3 is 1.75 bits per heavy atom. The molecule has 0 aliphatic carbocycles. The van der Waals surface area contributed by atoms with Crippen LogP contribution < -0.4 is 0 Å². The second-order valence-corrected chi connectivity index (χ2v) is 13.9. The quantitative estimate of drug-likeness (QED) is 0.187. The SMILES string of the molecule is c1ccc(-c2nc(-c3ccccc3)nc(-c3cccc(-n4c5ccccc5c5c6oc7c(ccc8sc9ccccc9c87)c6ccc54)c3)n2)cc1. The molecule has 5 nitrogen and oxygen atoms in total. The predicted octanol–water partition coefficient (Wildman–Crippen LogP) is 12.2. The lowest BCUT2D eigenvalue weighted by molar-refractivity contribution is 0.677. The molecule has 0 fully saturated rings. The van der Waals surface area contributed by atoms with Gasteiger partial charge in [-0.2, -0.15) is 0 Å². The average molecular weight is 671 g/mol. The minimum atomic E-state index is 0.622. The van der Waals surface area contributed by atoms with Gasteiger partial charge in [0.2, 0.25) is 0 Å². The zero-order valence-corrected chi connectivity index (χ0v) is 27.9. The lowest BCUT2D eigenvalue weighted by atomic mass is 10.1. The first kappa shape index (κ1) is 28.2. The fraction of sp³-hybridized carbons (Fsp3) is 0. The first-order chi connectivity index (χ1) is 25.3. The molecular formula is C45H26N4OS. The molecule has 7 aromatic carbocycles. The number of nitrogens with zero attached hydrogens (tertiary/aromatic N) is 4. The highest BCUT2D eigenvalue weighted by atomic mass is 32.1. The van der Waals surface area contributed by atoms with Gasteiger partial charge >= 0.3 is 0 Å². The van der Waals surface area contributed by atoms with Gasteiger partial charge in [-0.25, -0.2) is 15.0 Å². The Morgan fingerprint density at radius 1 is 0.412 bits per heavy atom. The summed E-state index contributed by atoms with van der Waals surface area (Å²) in [6.07, 6.45) is 0. The van der Waals surface area contributed by atoms with Gasteiger partial charge in [-0.3, -0.25) is 0 Å². The van der Waals surface area contributed by atoms with Crippen molar-refractivity contribution in [2.75, 3.05) is 0 Å². The number of hydrogen-bond donors (Lipinski definition) is 0. The normalized spacial score (nSPS) is 11.9. The Bertz CT molecular complexity index is 3080. The molecule has 0 atom stereocenters. The van der Waals surface area contributed by atoms with Crippen molar-refractivity contribution in [2.24, 2.45) is 0 Å². The fourth-order valence-corrected chi connectivity index (χ4v) is 8.66. The maximum atomic E-state index is 6.97. The summed E-state index contributed by atoms with van der Waals surface area (Å²) in [5.74, 6) is 1.90. The van der Waals surface area contributed by atoms with Crippen LogP contribution in [0.15, 0.2) is 162 Å². The van der Waals surface area contributed by atoms with Gasteiger partial charge in [0.1, 0.15) is 11.2 Å². The van der Waals surface area contributed by atoms with Crippen LogP contribution in [-0.4, -0.2) is 19.5 Å². The summed E-state index contributed by atoms with van der Waals surface area (Å²) < 4.78 is 11.8. The van der Waals surface area contributed by atoms with Gasteiger partial charge in [0, 0.05) is 58.7 Å². The Kier molecular flexibility index (Phi) is 6.05. The third kappa shape index (κ3) is 4.30. The molecule has 11 rings (SSSR count). The Morgan fingerprint density at radius 2 is 1.00 bits per heavy atom. The van der Waals surface area contributed by atoms with Crippen LogP contribution in [0.3, 0.4) is 0 Å². The Labute approximate surface area is 295 Å². The van der Waals surface area contributed by atoms with Gasteiger partial charge in [-0.15, -0.1) is 11.3 Å². The average Bonchev–Trinajstić information content (AvgIpc) is 3.88. The van der Waals surface area contributed by atoms with E-state index in [0.717, 1.165) is 66.1 Å². The summed E-state index contributed by atoms with van der Waals surface area (Å²) in [6.45, 7) is 0. The molecule has 0 spiro atoms. The molecule has 6 heteroatoms. The van der Waals surface area contributed by atoms with Crippen LogP contribution >= 0.6 is 11.3 Å². The molecule has 4 aromatic heterocycles. The predicted molar refractivity (Wildman–Crippen MR) is 211 cm³/mol. The van der Waals surface area contributed by atoms with Gasteiger partial charge in [0.05, 0.1) is 16.4 Å². The van der Waals surface area contributed by atoms with E-state index in [-0.39, 0.29) is 0 Å². The van der Waals surface area contributed by atoms with Crippen molar-refractivity contribution in [3.63, 3.8) is 0 Å². The minimum Gasteiger partial charge on any atom is -0.455 e. The lowest BCUT2D eigenvalue weighted by Gasteiger charge is -2.11. The molecule has 0 aliphatic heterocycles. The number of rotatable bonds is 4. The van der Waals surface area contributed by atoms with E-state index in [4.69, 9.17) is 19.4 Å². The van der Waals surface area contributed by atoms with Crippen molar-refractivity contribution in [1.82, 2.24) is 19.5 Å². The molecule has 0 unspecified atom stereocenters. The van der Waals surface area contributed by atoms with Crippen molar-refractivity contribution < 1.29 is 4.42 Å². The number of benzene rings is 7. The highest BCUT2D eigenvalue weighted by Crippen LogP contribution is 2.45. The number of furan rings is 1. The third-order valence-electron chi connectivity index (χ3n) is 9.84. The number of hydrogen-bond acceptors (Lipinski definition) is 5. The zero-order valence-electron chi connectivity index (χ0n) is 27.1. The summed E-state index contributed by atoms with van der Waals surface area (Å²) in [6, 6.07) is 54.8. The molecule has 0 amide bonds. The maximum Gasteiger partial charge on any atom is 0.164 e. The van der Waals surface area contributed by atoms with Crippen molar-refractivity contribution in [1.29, 1.82) is 0 Å². The molecule has 0 saturated carbocycles. The van der Waals surface area contributed by atoms with Crippen LogP contribution in [0.5, 0.6) is 0 Å². The van der Waals surface area contributed by atoms with E-state index in [2.05, 4.69) is 102 Å². The molecule has 0 saturated heterocycles. The molecule has 0 aliphatic rings. The Balaban J connectivity index is 1.14. The molecule has 0 N–H and O–H groups in total. The van der Waals surface area contributed by atoms with E-state index in [9.17, 15) is 0 Å². The van der Waals surface area contributed by atoms with Crippen molar-refractivity contribution in [2.45, 2.75) is 0 Å². The minimum absolute atomic E-state index is 0.622. The second kappa shape index (κ2) is 10.9. The summed E-state index contributed by atoms with van der Waals surface area (Å²) in [7, 11) is 0. The fourth-order valence-electron chi connectivity index (χ4n) is 7.55. The molecule has 4 heterocycles. The molecular weight excluding hydrogens is 645 g/mol. The topological polar surface area (TPSA) is 56.7 Å². The second-order valence-electron chi connectivity index (χ2n) is 12.8.